The topological polar surface area (TPSA) is 106 Å². The Bertz CT molecular complexity index is 742. The maximum Gasteiger partial charge on any atom is 0.330 e. The second kappa shape index (κ2) is 7.65. The van der Waals surface area contributed by atoms with E-state index >= 15 is 0 Å². The van der Waals surface area contributed by atoms with Gasteiger partial charge in [-0.25, -0.2) is 4.79 Å². The summed E-state index contributed by atoms with van der Waals surface area (Å²) < 4.78 is 18.2. The summed E-state index contributed by atoms with van der Waals surface area (Å²) in [5.74, 6) is 0. The highest BCUT2D eigenvalue weighted by Gasteiger charge is 2.39. The number of aliphatic hydroxyl groups excluding tert-OH is 1. The molecule has 1 aromatic rings. The average molecular weight is 371 g/mol. The number of aliphatic hydroxyl groups is 1. The van der Waals surface area contributed by atoms with Crippen molar-refractivity contribution in [1.82, 2.24) is 14.5 Å². The normalized spacial score (nSPS) is 26.6. The molecule has 0 bridgehead atoms. The van der Waals surface area contributed by atoms with Gasteiger partial charge in [-0.3, -0.25) is 14.3 Å². The summed E-state index contributed by atoms with van der Waals surface area (Å²) in [6, 6.07) is 0. The third-order valence-electron chi connectivity index (χ3n) is 4.34. The van der Waals surface area contributed by atoms with Gasteiger partial charge >= 0.3 is 5.69 Å². The first kappa shape index (κ1) is 18.1. The third-order valence-corrected chi connectivity index (χ3v) is 4.69. The van der Waals surface area contributed by atoms with Crippen molar-refractivity contribution >= 4 is 17.4 Å². The van der Waals surface area contributed by atoms with E-state index in [9.17, 15) is 14.7 Å². The molecular formula is C15H21N3O6S. The van der Waals surface area contributed by atoms with Gasteiger partial charge in [-0.1, -0.05) is 0 Å². The average Bonchev–Trinajstić information content (AvgIpc) is 3.01. The molecule has 0 unspecified atom stereocenters. The van der Waals surface area contributed by atoms with Gasteiger partial charge in [0.2, 0.25) is 0 Å². The zero-order valence-corrected chi connectivity index (χ0v) is 14.7. The first-order valence-corrected chi connectivity index (χ1v) is 8.52. The zero-order valence-electron chi connectivity index (χ0n) is 13.8. The van der Waals surface area contributed by atoms with Crippen LogP contribution in [-0.4, -0.2) is 69.9 Å². The molecule has 0 saturated carbocycles. The second-order valence-corrected chi connectivity index (χ2v) is 6.40. The summed E-state index contributed by atoms with van der Waals surface area (Å²) in [6.45, 7) is 3.82. The van der Waals surface area contributed by atoms with Crippen molar-refractivity contribution in [2.45, 2.75) is 31.8 Å². The van der Waals surface area contributed by atoms with Crippen LogP contribution in [-0.2, 0) is 14.2 Å². The highest BCUT2D eigenvalue weighted by atomic mass is 32.1. The van der Waals surface area contributed by atoms with Gasteiger partial charge in [0.15, 0.2) is 0 Å². The van der Waals surface area contributed by atoms with E-state index in [0.717, 1.165) is 0 Å². The van der Waals surface area contributed by atoms with E-state index in [1.54, 1.807) is 6.92 Å². The number of aryl methyl sites for hydroxylation is 1. The molecule has 2 N–H and O–H groups in total. The number of morpholine rings is 1. The minimum absolute atomic E-state index is 0.260. The molecule has 2 fully saturated rings. The summed E-state index contributed by atoms with van der Waals surface area (Å²) in [6.07, 6.45) is 0.0506. The van der Waals surface area contributed by atoms with Crippen molar-refractivity contribution < 1.29 is 19.3 Å². The van der Waals surface area contributed by atoms with E-state index in [1.165, 1.54) is 10.8 Å². The van der Waals surface area contributed by atoms with Gasteiger partial charge in [0.05, 0.1) is 19.8 Å². The van der Waals surface area contributed by atoms with Crippen molar-refractivity contribution in [3.05, 3.63) is 32.6 Å². The molecule has 2 aliphatic rings. The standard InChI is InChI=1S/C15H21N3O6S/c1-9-7-18(14(21)16-13(9)20)12-6-10(11(8-19)23-12)24-15(25)17-2-4-22-5-3-17/h7,10-12,19H,2-6,8H2,1H3,(H,16,20,21)/t10-,11+,12+/m0/s1. The lowest BCUT2D eigenvalue weighted by Crippen LogP contribution is -2.43. The molecule has 0 aliphatic carbocycles. The fraction of sp³-hybridized carbons (Fsp3) is 0.667. The lowest BCUT2D eigenvalue weighted by Gasteiger charge is -2.30. The largest absolute Gasteiger partial charge is 0.465 e. The Hall–Kier alpha value is -1.75. The molecule has 1 aromatic heterocycles. The van der Waals surface area contributed by atoms with Gasteiger partial charge in [0.25, 0.3) is 10.7 Å². The molecule has 3 atom stereocenters. The number of aromatic amines is 1. The van der Waals surface area contributed by atoms with Crippen LogP contribution in [0, 0.1) is 6.92 Å². The number of H-pyrrole nitrogens is 1. The molecule has 2 aliphatic heterocycles. The number of nitrogens with zero attached hydrogens (tertiary/aromatic N) is 2. The minimum Gasteiger partial charge on any atom is -0.465 e. The zero-order chi connectivity index (χ0) is 18.0. The van der Waals surface area contributed by atoms with Crippen molar-refractivity contribution in [2.24, 2.45) is 0 Å². The number of aromatic nitrogens is 2. The Morgan fingerprint density at radius 2 is 2.16 bits per heavy atom. The minimum atomic E-state index is -0.641. The number of nitrogens with one attached hydrogen (secondary N) is 1. The highest BCUT2D eigenvalue weighted by molar-refractivity contribution is 7.80. The summed E-state index contributed by atoms with van der Waals surface area (Å²) in [5.41, 5.74) is -0.593. The predicted molar refractivity (Wildman–Crippen MR) is 91.5 cm³/mol. The van der Waals surface area contributed by atoms with Crippen LogP contribution in [0.4, 0.5) is 0 Å². The monoisotopic (exact) mass is 371 g/mol. The highest BCUT2D eigenvalue weighted by Crippen LogP contribution is 2.30. The second-order valence-electron chi connectivity index (χ2n) is 6.05. The molecular weight excluding hydrogens is 350 g/mol. The first-order chi connectivity index (χ1) is 12.0. The van der Waals surface area contributed by atoms with Crippen molar-refractivity contribution in [3.8, 4) is 0 Å². The third kappa shape index (κ3) is 3.92. The smallest absolute Gasteiger partial charge is 0.330 e. The van der Waals surface area contributed by atoms with Gasteiger partial charge in [-0.2, -0.15) is 0 Å². The van der Waals surface area contributed by atoms with Crippen LogP contribution in [0.15, 0.2) is 15.8 Å². The SMILES string of the molecule is Cc1cn([C@H]2C[C@H](OC(=S)N3CCOCC3)[C@@H](CO)O2)c(=O)[nH]c1=O. The maximum absolute atomic E-state index is 12.0. The fourth-order valence-corrected chi connectivity index (χ4v) is 3.22. The van der Waals surface area contributed by atoms with Crippen molar-refractivity contribution in [1.29, 1.82) is 0 Å². The predicted octanol–water partition coefficient (Wildman–Crippen LogP) is -0.873. The van der Waals surface area contributed by atoms with Crippen LogP contribution in [0.2, 0.25) is 0 Å². The van der Waals surface area contributed by atoms with Gasteiger partial charge in [0, 0.05) is 31.3 Å². The molecule has 0 radical (unpaired) electrons. The molecule has 138 valence electrons. The maximum atomic E-state index is 12.0. The van der Waals surface area contributed by atoms with E-state index in [4.69, 9.17) is 26.4 Å². The number of ether oxygens (including phenoxy) is 3. The van der Waals surface area contributed by atoms with E-state index in [-0.39, 0.29) is 6.61 Å². The Morgan fingerprint density at radius 1 is 1.44 bits per heavy atom. The van der Waals surface area contributed by atoms with Crippen LogP contribution >= 0.6 is 12.2 Å². The Labute approximate surface area is 149 Å². The van der Waals surface area contributed by atoms with Crippen LogP contribution in [0.1, 0.15) is 18.2 Å². The molecule has 3 heterocycles. The van der Waals surface area contributed by atoms with Crippen molar-refractivity contribution in [2.75, 3.05) is 32.9 Å². The van der Waals surface area contributed by atoms with Gasteiger partial charge in [-0.05, 0) is 19.1 Å². The lowest BCUT2D eigenvalue weighted by molar-refractivity contribution is -0.0463. The molecule has 10 heteroatoms. The summed E-state index contributed by atoms with van der Waals surface area (Å²) in [7, 11) is 0. The van der Waals surface area contributed by atoms with Gasteiger partial charge < -0.3 is 24.2 Å². The van der Waals surface area contributed by atoms with Crippen molar-refractivity contribution in [3.63, 3.8) is 0 Å². The van der Waals surface area contributed by atoms with E-state index in [1.807, 2.05) is 4.90 Å². The van der Waals surface area contributed by atoms with Crippen LogP contribution < -0.4 is 11.2 Å². The Morgan fingerprint density at radius 3 is 2.84 bits per heavy atom. The van der Waals surface area contributed by atoms with Gasteiger partial charge in [-0.15, -0.1) is 0 Å². The van der Waals surface area contributed by atoms with Crippen LogP contribution in [0.5, 0.6) is 0 Å². The molecule has 3 rings (SSSR count). The van der Waals surface area contributed by atoms with Crippen LogP contribution in [0.25, 0.3) is 0 Å². The van der Waals surface area contributed by atoms with E-state index in [2.05, 4.69) is 4.98 Å². The molecule has 25 heavy (non-hydrogen) atoms. The summed E-state index contributed by atoms with van der Waals surface area (Å²) in [4.78, 5) is 27.7. The van der Waals surface area contributed by atoms with Gasteiger partial charge in [0.1, 0.15) is 18.4 Å². The quantitative estimate of drug-likeness (QED) is 0.661. The molecule has 0 amide bonds. The van der Waals surface area contributed by atoms with E-state index in [0.29, 0.717) is 43.5 Å². The van der Waals surface area contributed by atoms with E-state index < -0.39 is 29.7 Å². The summed E-state index contributed by atoms with van der Waals surface area (Å²) in [5, 5.41) is 9.90. The van der Waals surface area contributed by atoms with Crippen LogP contribution in [0.3, 0.4) is 0 Å². The first-order valence-electron chi connectivity index (χ1n) is 8.11. The summed E-state index contributed by atoms with van der Waals surface area (Å²) >= 11 is 5.33. The molecule has 9 nitrogen and oxygen atoms in total. The number of hydrogen-bond acceptors (Lipinski definition) is 7. The fourth-order valence-electron chi connectivity index (χ4n) is 2.91. The molecule has 2 saturated heterocycles. The molecule has 0 spiro atoms. The Balaban J connectivity index is 1.72. The number of thiocarbonyl (C=S) groups is 1. The molecule has 0 aromatic carbocycles. The number of hydrogen-bond donors (Lipinski definition) is 2. The lowest BCUT2D eigenvalue weighted by atomic mass is 10.2. The Kier molecular flexibility index (Phi) is 5.52. The number of rotatable bonds is 3.